The molecule has 0 unspecified atom stereocenters. The van der Waals surface area contributed by atoms with Gasteiger partial charge in [-0.25, -0.2) is 22.8 Å². The van der Waals surface area contributed by atoms with Gasteiger partial charge in [0.25, 0.3) is 5.92 Å². The van der Waals surface area contributed by atoms with Crippen LogP contribution < -0.4 is 0 Å². The minimum Gasteiger partial charge on any atom is -0.327 e. The second-order valence-corrected chi connectivity index (χ2v) is 5.64. The van der Waals surface area contributed by atoms with Gasteiger partial charge in [0.1, 0.15) is 12.1 Å². The van der Waals surface area contributed by atoms with Crippen LogP contribution in [0.15, 0.2) is 30.6 Å². The van der Waals surface area contributed by atoms with Gasteiger partial charge in [-0.1, -0.05) is 0 Å². The number of alkyl halides is 5. The third kappa shape index (κ3) is 3.86. The average molecular weight is 376 g/mol. The Bertz CT molecular complexity index is 865. The molecular weight excluding hydrogens is 366 g/mol. The molecule has 1 aliphatic heterocycles. The summed E-state index contributed by atoms with van der Waals surface area (Å²) in [5, 5.41) is 3.81. The van der Waals surface area contributed by atoms with Crippen LogP contribution in [0, 0.1) is 5.82 Å². The standard InChI is InChI=1S/C15H10F6N4O/c16-11-4-9(3-10(5-11)15(19,20)21)13-22-8-25(23-13)2-1-12(26)24-6-14(17,18)7-24/h1-5,8H,6-7H2. The van der Waals surface area contributed by atoms with Crippen molar-refractivity contribution < 1.29 is 31.1 Å². The zero-order valence-corrected chi connectivity index (χ0v) is 12.8. The van der Waals surface area contributed by atoms with Crippen molar-refractivity contribution in [1.82, 2.24) is 19.7 Å². The minimum absolute atomic E-state index is 0.192. The smallest absolute Gasteiger partial charge is 0.327 e. The molecule has 1 fully saturated rings. The lowest BCUT2D eigenvalue weighted by atomic mass is 10.1. The van der Waals surface area contributed by atoms with Crippen LogP contribution >= 0.6 is 0 Å². The van der Waals surface area contributed by atoms with E-state index in [0.717, 1.165) is 34.3 Å². The van der Waals surface area contributed by atoms with Crippen molar-refractivity contribution in [3.8, 4) is 11.4 Å². The highest BCUT2D eigenvalue weighted by Gasteiger charge is 2.45. The predicted octanol–water partition coefficient (Wildman–Crippen LogP) is 3.05. The van der Waals surface area contributed by atoms with Crippen LogP contribution in [0.25, 0.3) is 17.6 Å². The van der Waals surface area contributed by atoms with E-state index < -0.39 is 42.5 Å². The first-order valence-corrected chi connectivity index (χ1v) is 7.18. The van der Waals surface area contributed by atoms with Gasteiger partial charge in [0.05, 0.1) is 18.7 Å². The fraction of sp³-hybridized carbons (Fsp3) is 0.267. The second-order valence-electron chi connectivity index (χ2n) is 5.64. The summed E-state index contributed by atoms with van der Waals surface area (Å²) in [5.74, 6) is -4.85. The second kappa shape index (κ2) is 6.15. The number of rotatable bonds is 3. The highest BCUT2D eigenvalue weighted by atomic mass is 19.4. The maximum absolute atomic E-state index is 13.4. The van der Waals surface area contributed by atoms with E-state index in [4.69, 9.17) is 0 Å². The molecule has 0 saturated carbocycles. The quantitative estimate of drug-likeness (QED) is 0.611. The van der Waals surface area contributed by atoms with Crippen LogP contribution in [0.4, 0.5) is 26.3 Å². The van der Waals surface area contributed by atoms with Crippen LogP contribution in [-0.4, -0.2) is 44.6 Å². The van der Waals surface area contributed by atoms with E-state index in [9.17, 15) is 31.1 Å². The van der Waals surface area contributed by atoms with Crippen molar-refractivity contribution in [2.24, 2.45) is 0 Å². The third-order valence-corrected chi connectivity index (χ3v) is 3.52. The van der Waals surface area contributed by atoms with E-state index in [1.807, 2.05) is 0 Å². The molecule has 0 aliphatic carbocycles. The van der Waals surface area contributed by atoms with Gasteiger partial charge in [-0.3, -0.25) is 4.79 Å². The van der Waals surface area contributed by atoms with Crippen molar-refractivity contribution in [1.29, 1.82) is 0 Å². The highest BCUT2D eigenvalue weighted by molar-refractivity contribution is 5.90. The molecule has 1 aromatic heterocycles. The van der Waals surface area contributed by atoms with Gasteiger partial charge in [-0.05, 0) is 18.2 Å². The summed E-state index contributed by atoms with van der Waals surface area (Å²) in [5.41, 5.74) is -1.38. The molecule has 1 aliphatic rings. The summed E-state index contributed by atoms with van der Waals surface area (Å²) in [4.78, 5) is 16.3. The Balaban J connectivity index is 1.75. The molecule has 3 rings (SSSR count). The van der Waals surface area contributed by atoms with Gasteiger partial charge in [-0.15, -0.1) is 5.10 Å². The minimum atomic E-state index is -4.73. The number of likely N-dealkylation sites (tertiary alicyclic amines) is 1. The number of hydrogen-bond acceptors (Lipinski definition) is 3. The summed E-state index contributed by atoms with van der Waals surface area (Å²) in [7, 11) is 0. The molecule has 26 heavy (non-hydrogen) atoms. The number of hydrogen-bond donors (Lipinski definition) is 0. The molecule has 138 valence electrons. The molecule has 11 heteroatoms. The highest BCUT2D eigenvalue weighted by Crippen LogP contribution is 2.32. The Hall–Kier alpha value is -2.85. The van der Waals surface area contributed by atoms with Crippen molar-refractivity contribution in [3.63, 3.8) is 0 Å². The first-order chi connectivity index (χ1) is 12.0. The Morgan fingerprint density at radius 2 is 1.88 bits per heavy atom. The van der Waals surface area contributed by atoms with E-state index in [2.05, 4.69) is 10.1 Å². The third-order valence-electron chi connectivity index (χ3n) is 3.52. The maximum atomic E-state index is 13.4. The van der Waals surface area contributed by atoms with Gasteiger partial charge in [0.2, 0.25) is 5.91 Å². The number of benzene rings is 1. The van der Waals surface area contributed by atoms with Gasteiger partial charge >= 0.3 is 6.18 Å². The molecule has 0 bridgehead atoms. The van der Waals surface area contributed by atoms with E-state index in [1.165, 1.54) is 0 Å². The molecule has 0 atom stereocenters. The summed E-state index contributed by atoms with van der Waals surface area (Å²) >= 11 is 0. The van der Waals surface area contributed by atoms with Crippen molar-refractivity contribution in [2.45, 2.75) is 12.1 Å². The number of carbonyl (C=O) groups is 1. The number of aromatic nitrogens is 3. The molecule has 1 saturated heterocycles. The van der Waals surface area contributed by atoms with Crippen molar-refractivity contribution >= 4 is 12.1 Å². The number of halogens is 6. The van der Waals surface area contributed by atoms with E-state index in [-0.39, 0.29) is 11.4 Å². The molecule has 0 spiro atoms. The van der Waals surface area contributed by atoms with Crippen molar-refractivity contribution in [2.75, 3.05) is 13.1 Å². The Labute approximate surface area is 142 Å². The molecular formula is C15H10F6N4O. The topological polar surface area (TPSA) is 51.0 Å². The summed E-state index contributed by atoms with van der Waals surface area (Å²) in [6, 6.07) is 1.88. The molecule has 1 amide bonds. The Morgan fingerprint density at radius 1 is 1.19 bits per heavy atom. The first kappa shape index (κ1) is 18.0. The van der Waals surface area contributed by atoms with Gasteiger partial charge in [0.15, 0.2) is 5.82 Å². The fourth-order valence-corrected chi connectivity index (χ4v) is 2.27. The van der Waals surface area contributed by atoms with Crippen molar-refractivity contribution in [3.05, 3.63) is 42.0 Å². The normalized spacial score (nSPS) is 16.8. The SMILES string of the molecule is O=C(C=Cn1cnc(-c2cc(F)cc(C(F)(F)F)c2)n1)N1CC(F)(F)C1. The summed E-state index contributed by atoms with van der Waals surface area (Å²) in [6.07, 6.45) is -1.56. The zero-order valence-electron chi connectivity index (χ0n) is 12.8. The van der Waals surface area contributed by atoms with Gasteiger partial charge in [-0.2, -0.15) is 13.2 Å². The van der Waals surface area contributed by atoms with Gasteiger partial charge < -0.3 is 4.90 Å². The summed E-state index contributed by atoms with van der Waals surface area (Å²) in [6.45, 7) is -1.36. The lowest BCUT2D eigenvalue weighted by Gasteiger charge is -2.37. The molecule has 1 aromatic carbocycles. The molecule has 5 nitrogen and oxygen atoms in total. The van der Waals surface area contributed by atoms with Crippen LogP contribution in [0.5, 0.6) is 0 Å². The fourth-order valence-electron chi connectivity index (χ4n) is 2.27. The van der Waals surface area contributed by atoms with Crippen LogP contribution in [0.1, 0.15) is 5.56 Å². The predicted molar refractivity (Wildman–Crippen MR) is 77.3 cm³/mol. The molecule has 2 aromatic rings. The van der Waals surface area contributed by atoms with Gasteiger partial charge in [0, 0.05) is 17.8 Å². The lowest BCUT2D eigenvalue weighted by Crippen LogP contribution is -2.58. The van der Waals surface area contributed by atoms with E-state index in [0.29, 0.717) is 12.1 Å². The summed E-state index contributed by atoms with van der Waals surface area (Å²) < 4.78 is 78.0. The number of carbonyl (C=O) groups excluding carboxylic acids is 1. The number of nitrogens with zero attached hydrogens (tertiary/aromatic N) is 4. The van der Waals surface area contributed by atoms with Crippen LogP contribution in [0.3, 0.4) is 0 Å². The Kier molecular flexibility index (Phi) is 4.24. The largest absolute Gasteiger partial charge is 0.416 e. The molecule has 0 N–H and O–H groups in total. The van der Waals surface area contributed by atoms with E-state index in [1.54, 1.807) is 0 Å². The molecule has 0 radical (unpaired) electrons. The monoisotopic (exact) mass is 376 g/mol. The lowest BCUT2D eigenvalue weighted by molar-refractivity contribution is -0.160. The van der Waals surface area contributed by atoms with E-state index >= 15 is 0 Å². The zero-order chi connectivity index (χ0) is 19.1. The average Bonchev–Trinajstić information content (AvgIpc) is 2.97. The Morgan fingerprint density at radius 3 is 2.50 bits per heavy atom. The molecule has 2 heterocycles. The van der Waals surface area contributed by atoms with Crippen LogP contribution in [0.2, 0.25) is 0 Å². The number of amides is 1. The first-order valence-electron chi connectivity index (χ1n) is 7.18. The van der Waals surface area contributed by atoms with Crippen LogP contribution in [-0.2, 0) is 11.0 Å². The maximum Gasteiger partial charge on any atom is 0.416 e.